The van der Waals surface area contributed by atoms with Gasteiger partial charge in [-0.05, 0) is 69.3 Å². The van der Waals surface area contributed by atoms with Crippen molar-refractivity contribution in [1.29, 1.82) is 0 Å². The summed E-state index contributed by atoms with van der Waals surface area (Å²) in [7, 11) is 1.52. The van der Waals surface area contributed by atoms with Gasteiger partial charge in [-0.3, -0.25) is 9.48 Å². The van der Waals surface area contributed by atoms with Crippen LogP contribution in [0, 0.1) is 0 Å². The van der Waals surface area contributed by atoms with E-state index in [1.54, 1.807) is 6.20 Å². The summed E-state index contributed by atoms with van der Waals surface area (Å²) in [5.74, 6) is 1.89. The SMILES string of the molecule is CC1C(=O)Nc2ncnc(N3CCC(c4cc(-c5cc(C(F)(F)F)nn5C)cnc4NCCN4CCCC4)CC3)c21. The number of piperidine rings is 1. The van der Waals surface area contributed by atoms with Gasteiger partial charge in [-0.15, -0.1) is 0 Å². The standard InChI is InChI=1S/C28H34F3N9O/c1-17-23-25(36-27(17)41)34-16-35-26(23)40-10-5-18(6-11-40)20-13-19(21-14-22(28(29,30)31)37-38(21)2)15-33-24(20)32-7-12-39-8-3-4-9-39/h13-18H,3-12H2,1-2H3,(H,32,33)(H,34,35,36,41). The van der Waals surface area contributed by atoms with E-state index in [4.69, 9.17) is 4.98 Å². The van der Waals surface area contributed by atoms with Crippen LogP contribution < -0.4 is 15.5 Å². The van der Waals surface area contributed by atoms with Gasteiger partial charge in [0, 0.05) is 50.6 Å². The topological polar surface area (TPSA) is 104 Å². The summed E-state index contributed by atoms with van der Waals surface area (Å²) in [5, 5.41) is 10.0. The molecule has 3 aliphatic rings. The Morgan fingerprint density at radius 3 is 2.54 bits per heavy atom. The number of anilines is 3. The number of aryl methyl sites for hydroxylation is 1. The van der Waals surface area contributed by atoms with Crippen molar-refractivity contribution in [2.45, 2.75) is 50.6 Å². The van der Waals surface area contributed by atoms with Crippen LogP contribution in [-0.2, 0) is 18.0 Å². The second-order valence-electron chi connectivity index (χ2n) is 11.1. The quantitative estimate of drug-likeness (QED) is 0.436. The maximum Gasteiger partial charge on any atom is 0.435 e. The molecule has 6 rings (SSSR count). The van der Waals surface area contributed by atoms with Crippen molar-refractivity contribution >= 4 is 23.4 Å². The van der Waals surface area contributed by atoms with Gasteiger partial charge in [0.15, 0.2) is 5.69 Å². The Kier molecular flexibility index (Phi) is 7.30. The monoisotopic (exact) mass is 569 g/mol. The molecule has 0 radical (unpaired) electrons. The Morgan fingerprint density at radius 1 is 1.07 bits per heavy atom. The molecule has 10 nitrogen and oxygen atoms in total. The fourth-order valence-corrected chi connectivity index (χ4v) is 6.19. The number of nitrogens with one attached hydrogen (secondary N) is 2. The van der Waals surface area contributed by atoms with E-state index >= 15 is 0 Å². The van der Waals surface area contributed by atoms with Crippen LogP contribution in [0.4, 0.5) is 30.6 Å². The second-order valence-corrected chi connectivity index (χ2v) is 11.1. The number of amides is 1. The number of hydrogen-bond donors (Lipinski definition) is 2. The maximum atomic E-state index is 13.4. The van der Waals surface area contributed by atoms with E-state index < -0.39 is 11.9 Å². The molecule has 1 atom stereocenters. The first-order chi connectivity index (χ1) is 19.7. The Labute approximate surface area is 236 Å². The highest BCUT2D eigenvalue weighted by Gasteiger charge is 2.36. The lowest BCUT2D eigenvalue weighted by Crippen LogP contribution is -2.34. The Morgan fingerprint density at radius 2 is 1.83 bits per heavy atom. The van der Waals surface area contributed by atoms with Crippen LogP contribution in [0.2, 0.25) is 0 Å². The summed E-state index contributed by atoms with van der Waals surface area (Å²) in [6.45, 7) is 7.17. The third-order valence-electron chi connectivity index (χ3n) is 8.47. The molecule has 0 aliphatic carbocycles. The summed E-state index contributed by atoms with van der Waals surface area (Å²) < 4.78 is 41.3. The number of carbonyl (C=O) groups is 1. The fourth-order valence-electron chi connectivity index (χ4n) is 6.19. The average molecular weight is 570 g/mol. The molecule has 3 aromatic heterocycles. The molecule has 2 N–H and O–H groups in total. The molecule has 13 heteroatoms. The lowest BCUT2D eigenvalue weighted by molar-refractivity contribution is -0.141. The maximum absolute atomic E-state index is 13.4. The van der Waals surface area contributed by atoms with E-state index in [0.29, 0.717) is 17.1 Å². The van der Waals surface area contributed by atoms with E-state index in [9.17, 15) is 18.0 Å². The van der Waals surface area contributed by atoms with Crippen LogP contribution in [0.5, 0.6) is 0 Å². The smallest absolute Gasteiger partial charge is 0.369 e. The molecule has 2 saturated heterocycles. The first-order valence-electron chi connectivity index (χ1n) is 14.2. The second kappa shape index (κ2) is 10.9. The number of hydrogen-bond acceptors (Lipinski definition) is 8. The summed E-state index contributed by atoms with van der Waals surface area (Å²) in [6, 6.07) is 3.05. The van der Waals surface area contributed by atoms with Crippen LogP contribution in [0.3, 0.4) is 0 Å². The molecular formula is C28H34F3N9O. The summed E-state index contributed by atoms with van der Waals surface area (Å²) in [5.41, 5.74) is 1.88. The zero-order valence-electron chi connectivity index (χ0n) is 23.2. The third kappa shape index (κ3) is 5.46. The highest BCUT2D eigenvalue weighted by Crippen LogP contribution is 2.40. The van der Waals surface area contributed by atoms with Gasteiger partial charge in [-0.2, -0.15) is 18.3 Å². The predicted octanol–water partition coefficient (Wildman–Crippen LogP) is 4.24. The number of nitrogens with zero attached hydrogens (tertiary/aromatic N) is 7. The van der Waals surface area contributed by atoms with Crippen molar-refractivity contribution in [3.63, 3.8) is 0 Å². The molecule has 0 bridgehead atoms. The van der Waals surface area contributed by atoms with E-state index in [1.165, 1.54) is 30.9 Å². The van der Waals surface area contributed by atoms with Crippen molar-refractivity contribution in [2.75, 3.05) is 54.8 Å². The van der Waals surface area contributed by atoms with Crippen molar-refractivity contribution in [3.8, 4) is 11.3 Å². The molecule has 0 spiro atoms. The normalized spacial score (nSPS) is 20.0. The minimum Gasteiger partial charge on any atom is -0.369 e. The first-order valence-corrected chi connectivity index (χ1v) is 14.2. The summed E-state index contributed by atoms with van der Waals surface area (Å²) in [6.07, 6.45) is 2.65. The molecule has 3 aliphatic heterocycles. The Bertz CT molecular complexity index is 1430. The van der Waals surface area contributed by atoms with Gasteiger partial charge in [0.1, 0.15) is 23.8 Å². The molecule has 6 heterocycles. The van der Waals surface area contributed by atoms with Crippen molar-refractivity contribution in [3.05, 3.63) is 41.5 Å². The van der Waals surface area contributed by atoms with Crippen LogP contribution >= 0.6 is 0 Å². The van der Waals surface area contributed by atoms with Gasteiger partial charge in [0.05, 0.1) is 11.6 Å². The van der Waals surface area contributed by atoms with Gasteiger partial charge in [0.25, 0.3) is 0 Å². The molecule has 0 saturated carbocycles. The molecule has 3 aromatic rings. The number of pyridine rings is 1. The van der Waals surface area contributed by atoms with Crippen molar-refractivity contribution in [1.82, 2.24) is 29.6 Å². The molecule has 0 aromatic carbocycles. The number of carbonyl (C=O) groups excluding carboxylic acids is 1. The van der Waals surface area contributed by atoms with Crippen LogP contribution in [0.1, 0.15) is 61.3 Å². The van der Waals surface area contributed by atoms with E-state index in [2.05, 4.69) is 35.5 Å². The van der Waals surface area contributed by atoms with E-state index in [1.807, 2.05) is 13.0 Å². The summed E-state index contributed by atoms with van der Waals surface area (Å²) in [4.78, 5) is 30.4. The van der Waals surface area contributed by atoms with Crippen molar-refractivity contribution in [2.24, 2.45) is 7.05 Å². The Balaban J connectivity index is 1.25. The predicted molar refractivity (Wildman–Crippen MR) is 149 cm³/mol. The molecule has 2 fully saturated rings. The zero-order chi connectivity index (χ0) is 28.7. The number of halogens is 3. The molecule has 218 valence electrons. The Hall–Kier alpha value is -3.74. The van der Waals surface area contributed by atoms with Crippen molar-refractivity contribution < 1.29 is 18.0 Å². The van der Waals surface area contributed by atoms with E-state index in [0.717, 1.165) is 80.9 Å². The highest BCUT2D eigenvalue weighted by molar-refractivity contribution is 6.03. The highest BCUT2D eigenvalue weighted by atomic mass is 19.4. The van der Waals surface area contributed by atoms with Crippen LogP contribution in [-0.4, -0.2) is 74.8 Å². The zero-order valence-corrected chi connectivity index (χ0v) is 23.2. The number of aromatic nitrogens is 5. The molecule has 1 unspecified atom stereocenters. The number of likely N-dealkylation sites (tertiary alicyclic amines) is 1. The number of alkyl halides is 3. The number of rotatable bonds is 7. The lowest BCUT2D eigenvalue weighted by atomic mass is 9.88. The van der Waals surface area contributed by atoms with Gasteiger partial charge in [0.2, 0.25) is 5.91 Å². The van der Waals surface area contributed by atoms with Crippen LogP contribution in [0.25, 0.3) is 11.3 Å². The fraction of sp³-hybridized carbons (Fsp3) is 0.536. The number of fused-ring (bicyclic) bond motifs is 1. The average Bonchev–Trinajstić information content (AvgIpc) is 3.69. The minimum absolute atomic E-state index is 0.0759. The van der Waals surface area contributed by atoms with Gasteiger partial charge in [-0.1, -0.05) is 0 Å². The van der Waals surface area contributed by atoms with Gasteiger partial charge in [-0.25, -0.2) is 15.0 Å². The first kappa shape index (κ1) is 27.4. The van der Waals surface area contributed by atoms with Gasteiger partial charge >= 0.3 is 6.18 Å². The lowest BCUT2D eigenvalue weighted by Gasteiger charge is -2.34. The minimum atomic E-state index is -4.52. The van der Waals surface area contributed by atoms with E-state index in [-0.39, 0.29) is 17.7 Å². The molecular weight excluding hydrogens is 535 g/mol. The van der Waals surface area contributed by atoms with Gasteiger partial charge < -0.3 is 20.4 Å². The van der Waals surface area contributed by atoms with Crippen LogP contribution in [0.15, 0.2) is 24.7 Å². The molecule has 1 amide bonds. The summed E-state index contributed by atoms with van der Waals surface area (Å²) >= 11 is 0. The molecule has 41 heavy (non-hydrogen) atoms. The third-order valence-corrected chi connectivity index (χ3v) is 8.47. The largest absolute Gasteiger partial charge is 0.435 e.